The number of halogens is 3. The summed E-state index contributed by atoms with van der Waals surface area (Å²) >= 11 is 0. The molecule has 0 fully saturated rings. The van der Waals surface area contributed by atoms with Gasteiger partial charge in [0.1, 0.15) is 0 Å². The summed E-state index contributed by atoms with van der Waals surface area (Å²) in [5.74, 6) is -2.05. The second-order valence-corrected chi connectivity index (χ2v) is 5.68. The summed E-state index contributed by atoms with van der Waals surface area (Å²) in [6.07, 6.45) is 1.01. The van der Waals surface area contributed by atoms with Crippen molar-refractivity contribution < 1.29 is 13.6 Å². The third kappa shape index (κ3) is 4.30. The number of carbonyl (C=O) groups is 1. The number of benzene rings is 2. The molecule has 6 heteroatoms. The molecule has 3 rings (SSSR count). The van der Waals surface area contributed by atoms with E-state index in [-0.39, 0.29) is 30.8 Å². The Labute approximate surface area is 145 Å². The van der Waals surface area contributed by atoms with Crippen molar-refractivity contribution in [3.8, 4) is 0 Å². The summed E-state index contributed by atoms with van der Waals surface area (Å²) < 4.78 is 26.0. The maximum Gasteiger partial charge on any atom is 0.224 e. The van der Waals surface area contributed by atoms with Gasteiger partial charge in [0.2, 0.25) is 5.91 Å². The van der Waals surface area contributed by atoms with Gasteiger partial charge in [-0.15, -0.1) is 12.4 Å². The highest BCUT2D eigenvalue weighted by molar-refractivity contribution is 5.85. The molecule has 0 aromatic heterocycles. The number of rotatable bonds is 4. The van der Waals surface area contributed by atoms with Crippen molar-refractivity contribution in [2.24, 2.45) is 0 Å². The van der Waals surface area contributed by atoms with Crippen molar-refractivity contribution in [3.63, 3.8) is 0 Å². The molecule has 1 amide bonds. The first-order valence-corrected chi connectivity index (χ1v) is 7.65. The van der Waals surface area contributed by atoms with E-state index in [4.69, 9.17) is 0 Å². The first-order valence-electron chi connectivity index (χ1n) is 7.65. The molecule has 3 nitrogen and oxygen atoms in total. The van der Waals surface area contributed by atoms with Gasteiger partial charge in [-0.3, -0.25) is 4.79 Å². The lowest BCUT2D eigenvalue weighted by atomic mass is 9.94. The Bertz CT molecular complexity index is 724. The minimum absolute atomic E-state index is 0. The van der Waals surface area contributed by atoms with E-state index in [1.165, 1.54) is 17.2 Å². The summed E-state index contributed by atoms with van der Waals surface area (Å²) in [5.41, 5.74) is 2.95. The Kier molecular flexibility index (Phi) is 6.29. The van der Waals surface area contributed by atoms with Gasteiger partial charge in [0.05, 0.1) is 6.42 Å². The molecule has 2 aromatic carbocycles. The van der Waals surface area contributed by atoms with Gasteiger partial charge in [-0.05, 0) is 41.8 Å². The van der Waals surface area contributed by atoms with Gasteiger partial charge in [0.25, 0.3) is 0 Å². The number of fused-ring (bicyclic) bond motifs is 1. The number of hydrogen-bond donors (Lipinski definition) is 2. The lowest BCUT2D eigenvalue weighted by Crippen LogP contribution is -2.39. The number of nitrogens with one attached hydrogen (secondary N) is 2. The van der Waals surface area contributed by atoms with Gasteiger partial charge in [-0.1, -0.05) is 30.3 Å². The zero-order valence-corrected chi connectivity index (χ0v) is 13.8. The minimum Gasteiger partial charge on any atom is -0.354 e. The van der Waals surface area contributed by atoms with Crippen LogP contribution in [0.25, 0.3) is 0 Å². The first-order chi connectivity index (χ1) is 11.1. The molecule has 0 radical (unpaired) electrons. The number of carbonyl (C=O) groups excluding carboxylic acids is 1. The van der Waals surface area contributed by atoms with Crippen LogP contribution in [0.5, 0.6) is 0 Å². The standard InChI is InChI=1S/C18H18F2N2O.ClH/c19-15-6-5-12(9-16(15)20)10-18(23)22-11-17-14-4-2-1-3-13(14)7-8-21-17;/h1-6,9,17,21H,7-8,10-11H2,(H,22,23);1H. The van der Waals surface area contributed by atoms with Crippen LogP contribution < -0.4 is 10.6 Å². The zero-order chi connectivity index (χ0) is 16.2. The van der Waals surface area contributed by atoms with E-state index in [0.717, 1.165) is 25.1 Å². The first kappa shape index (κ1) is 18.4. The van der Waals surface area contributed by atoms with Crippen LogP contribution in [0.3, 0.4) is 0 Å². The number of amides is 1. The summed E-state index contributed by atoms with van der Waals surface area (Å²) in [6.45, 7) is 1.35. The molecule has 128 valence electrons. The third-order valence-electron chi connectivity index (χ3n) is 4.07. The van der Waals surface area contributed by atoms with Crippen LogP contribution in [-0.2, 0) is 17.6 Å². The molecule has 1 aliphatic heterocycles. The molecule has 1 aliphatic rings. The molecule has 2 aromatic rings. The molecule has 0 bridgehead atoms. The van der Waals surface area contributed by atoms with E-state index in [1.54, 1.807) is 0 Å². The van der Waals surface area contributed by atoms with Crippen LogP contribution in [0.1, 0.15) is 22.7 Å². The van der Waals surface area contributed by atoms with Crippen LogP contribution in [0.15, 0.2) is 42.5 Å². The minimum atomic E-state index is -0.932. The summed E-state index contributed by atoms with van der Waals surface area (Å²) in [7, 11) is 0. The lowest BCUT2D eigenvalue weighted by molar-refractivity contribution is -0.120. The predicted octanol–water partition coefficient (Wildman–Crippen LogP) is 2.93. The van der Waals surface area contributed by atoms with Gasteiger partial charge in [0.15, 0.2) is 11.6 Å². The van der Waals surface area contributed by atoms with Crippen molar-refractivity contribution in [1.29, 1.82) is 0 Å². The lowest BCUT2D eigenvalue weighted by Gasteiger charge is -2.27. The van der Waals surface area contributed by atoms with E-state index in [0.29, 0.717) is 12.1 Å². The van der Waals surface area contributed by atoms with Gasteiger partial charge >= 0.3 is 0 Å². The third-order valence-corrected chi connectivity index (χ3v) is 4.07. The average Bonchev–Trinajstić information content (AvgIpc) is 2.56. The molecule has 1 atom stereocenters. The fraction of sp³-hybridized carbons (Fsp3) is 0.278. The van der Waals surface area contributed by atoms with Crippen LogP contribution in [0.2, 0.25) is 0 Å². The predicted molar refractivity (Wildman–Crippen MR) is 91.2 cm³/mol. The molecule has 2 N–H and O–H groups in total. The van der Waals surface area contributed by atoms with E-state index in [2.05, 4.69) is 22.8 Å². The van der Waals surface area contributed by atoms with E-state index >= 15 is 0 Å². The van der Waals surface area contributed by atoms with Gasteiger partial charge in [0, 0.05) is 12.6 Å². The van der Waals surface area contributed by atoms with E-state index in [9.17, 15) is 13.6 Å². The highest BCUT2D eigenvalue weighted by Gasteiger charge is 2.19. The Hall–Kier alpha value is -1.98. The molecule has 1 heterocycles. The molecular formula is C18H19ClF2N2O. The molecule has 0 aliphatic carbocycles. The van der Waals surface area contributed by atoms with Gasteiger partial charge in [-0.25, -0.2) is 8.78 Å². The van der Waals surface area contributed by atoms with Crippen LogP contribution in [-0.4, -0.2) is 19.0 Å². The second kappa shape index (κ2) is 8.22. The maximum atomic E-state index is 13.2. The topological polar surface area (TPSA) is 41.1 Å². The van der Waals surface area contributed by atoms with Crippen LogP contribution >= 0.6 is 12.4 Å². The molecule has 1 unspecified atom stereocenters. The maximum absolute atomic E-state index is 13.2. The van der Waals surface area contributed by atoms with Crippen molar-refractivity contribution >= 4 is 18.3 Å². The molecule has 24 heavy (non-hydrogen) atoms. The number of hydrogen-bond acceptors (Lipinski definition) is 2. The Balaban J connectivity index is 0.00000208. The summed E-state index contributed by atoms with van der Waals surface area (Å²) in [6, 6.07) is 11.8. The van der Waals surface area contributed by atoms with Crippen LogP contribution in [0, 0.1) is 11.6 Å². The Morgan fingerprint density at radius 1 is 1.17 bits per heavy atom. The average molecular weight is 353 g/mol. The van der Waals surface area contributed by atoms with E-state index < -0.39 is 11.6 Å². The quantitative estimate of drug-likeness (QED) is 0.888. The molecular weight excluding hydrogens is 334 g/mol. The van der Waals surface area contributed by atoms with Crippen LogP contribution in [0.4, 0.5) is 8.78 Å². The Morgan fingerprint density at radius 2 is 1.96 bits per heavy atom. The Morgan fingerprint density at radius 3 is 2.75 bits per heavy atom. The fourth-order valence-electron chi connectivity index (χ4n) is 2.89. The smallest absolute Gasteiger partial charge is 0.224 e. The molecule has 0 saturated carbocycles. The summed E-state index contributed by atoms with van der Waals surface area (Å²) in [4.78, 5) is 12.0. The molecule has 0 spiro atoms. The SMILES string of the molecule is Cl.O=C(Cc1ccc(F)c(F)c1)NCC1NCCc2ccccc21. The largest absolute Gasteiger partial charge is 0.354 e. The normalized spacial score (nSPS) is 16.0. The zero-order valence-electron chi connectivity index (χ0n) is 13.0. The monoisotopic (exact) mass is 352 g/mol. The highest BCUT2D eigenvalue weighted by Crippen LogP contribution is 2.21. The highest BCUT2D eigenvalue weighted by atomic mass is 35.5. The van der Waals surface area contributed by atoms with Crippen molar-refractivity contribution in [1.82, 2.24) is 10.6 Å². The molecule has 0 saturated heterocycles. The summed E-state index contributed by atoms with van der Waals surface area (Å²) in [5, 5.41) is 6.24. The second-order valence-electron chi connectivity index (χ2n) is 5.68. The van der Waals surface area contributed by atoms with Gasteiger partial charge in [-0.2, -0.15) is 0 Å². The van der Waals surface area contributed by atoms with E-state index in [1.807, 2.05) is 12.1 Å². The van der Waals surface area contributed by atoms with Crippen molar-refractivity contribution in [2.75, 3.05) is 13.1 Å². The fourth-order valence-corrected chi connectivity index (χ4v) is 2.89. The van der Waals surface area contributed by atoms with Gasteiger partial charge < -0.3 is 10.6 Å². The van der Waals surface area contributed by atoms with Crippen molar-refractivity contribution in [2.45, 2.75) is 18.9 Å². The van der Waals surface area contributed by atoms with Crippen molar-refractivity contribution in [3.05, 3.63) is 70.8 Å².